The number of sulfonamides is 1. The van der Waals surface area contributed by atoms with Gasteiger partial charge >= 0.3 is 0 Å². The van der Waals surface area contributed by atoms with Crippen molar-refractivity contribution in [3.8, 4) is 5.75 Å². The Bertz CT molecular complexity index is 1530. The number of amides is 1. The number of quaternary nitrogens is 1. The van der Waals surface area contributed by atoms with E-state index in [1.807, 2.05) is 66.0 Å². The van der Waals surface area contributed by atoms with Crippen molar-refractivity contribution in [3.05, 3.63) is 83.4 Å². The highest BCUT2D eigenvalue weighted by Crippen LogP contribution is 2.44. The molecule has 2 atom stereocenters. The van der Waals surface area contributed by atoms with Crippen LogP contribution in [0.2, 0.25) is 0 Å². The molecule has 0 saturated carbocycles. The Hall–Kier alpha value is -3.80. The first-order valence-corrected chi connectivity index (χ1v) is 16.4. The fourth-order valence-corrected chi connectivity index (χ4v) is 7.03. The molecule has 10 nitrogen and oxygen atoms in total. The smallest absolute Gasteiger partial charge is 0.251 e. The van der Waals surface area contributed by atoms with Crippen molar-refractivity contribution >= 4 is 33.0 Å². The van der Waals surface area contributed by atoms with Gasteiger partial charge in [-0.05, 0) is 43.2 Å². The second kappa shape index (κ2) is 13.2. The van der Waals surface area contributed by atoms with Gasteiger partial charge in [0.15, 0.2) is 0 Å². The number of carbonyl (C=O) groups excluding carboxylic acids is 1. The lowest BCUT2D eigenvalue weighted by molar-refractivity contribution is -0.676. The number of rotatable bonds is 11. The molecule has 43 heavy (non-hydrogen) atoms. The SMILES string of the molecule is CCN1CCN2CCS(=O)(=O)N(C)c3cc(C(=O)N[C@@H](Cc4ccccc4)[C@H](O)C[NH2+]Cc4cccc(OC)c4)cc1c32. The molecule has 2 aliphatic heterocycles. The van der Waals surface area contributed by atoms with E-state index in [0.29, 0.717) is 37.3 Å². The quantitative estimate of drug-likeness (QED) is 0.303. The summed E-state index contributed by atoms with van der Waals surface area (Å²) in [5, 5.41) is 16.4. The zero-order valence-corrected chi connectivity index (χ0v) is 25.9. The van der Waals surface area contributed by atoms with E-state index in [9.17, 15) is 18.3 Å². The Balaban J connectivity index is 1.40. The van der Waals surface area contributed by atoms with E-state index in [4.69, 9.17) is 4.74 Å². The van der Waals surface area contributed by atoms with Crippen LogP contribution in [-0.2, 0) is 23.0 Å². The molecule has 0 spiro atoms. The van der Waals surface area contributed by atoms with Crippen molar-refractivity contribution in [1.82, 2.24) is 5.32 Å². The molecule has 3 aromatic carbocycles. The molecule has 2 aliphatic rings. The van der Waals surface area contributed by atoms with Crippen LogP contribution in [0.3, 0.4) is 0 Å². The Morgan fingerprint density at radius 2 is 1.77 bits per heavy atom. The monoisotopic (exact) mass is 608 g/mol. The van der Waals surface area contributed by atoms with E-state index in [0.717, 1.165) is 47.9 Å². The third-order valence-corrected chi connectivity index (χ3v) is 10.1. The van der Waals surface area contributed by atoms with Gasteiger partial charge in [0.1, 0.15) is 24.9 Å². The molecular weight excluding hydrogens is 566 g/mol. The minimum absolute atomic E-state index is 0.0167. The molecule has 5 rings (SSSR count). The van der Waals surface area contributed by atoms with Crippen LogP contribution in [0, 0.1) is 0 Å². The number of aliphatic hydroxyl groups is 1. The maximum atomic E-state index is 13.9. The highest BCUT2D eigenvalue weighted by molar-refractivity contribution is 7.92. The molecule has 0 fully saturated rings. The normalized spacial score (nSPS) is 17.1. The number of methoxy groups -OCH3 is 1. The van der Waals surface area contributed by atoms with Gasteiger partial charge in [0.05, 0.1) is 36.0 Å². The molecule has 230 valence electrons. The van der Waals surface area contributed by atoms with Crippen LogP contribution in [-0.4, -0.2) is 84.2 Å². The number of hydrogen-bond donors (Lipinski definition) is 3. The highest BCUT2D eigenvalue weighted by Gasteiger charge is 2.35. The summed E-state index contributed by atoms with van der Waals surface area (Å²) in [6, 6.07) is 20.5. The van der Waals surface area contributed by atoms with Gasteiger partial charge in [-0.1, -0.05) is 42.5 Å². The van der Waals surface area contributed by atoms with E-state index in [-0.39, 0.29) is 11.7 Å². The molecule has 0 bridgehead atoms. The lowest BCUT2D eigenvalue weighted by Gasteiger charge is -2.39. The maximum absolute atomic E-state index is 13.9. The summed E-state index contributed by atoms with van der Waals surface area (Å²) in [5.41, 5.74) is 4.64. The molecule has 3 aromatic rings. The zero-order chi connectivity index (χ0) is 30.6. The molecule has 0 saturated heterocycles. The summed E-state index contributed by atoms with van der Waals surface area (Å²) < 4.78 is 32.7. The van der Waals surface area contributed by atoms with Gasteiger partial charge in [-0.15, -0.1) is 0 Å². The van der Waals surface area contributed by atoms with E-state index in [2.05, 4.69) is 22.0 Å². The summed E-state index contributed by atoms with van der Waals surface area (Å²) in [6.07, 6.45) is -0.388. The van der Waals surface area contributed by atoms with Gasteiger partial charge in [0.2, 0.25) is 10.0 Å². The summed E-state index contributed by atoms with van der Waals surface area (Å²) in [5.74, 6) is 0.446. The molecule has 0 radical (unpaired) electrons. The van der Waals surface area contributed by atoms with E-state index >= 15 is 0 Å². The molecular formula is C32H42N5O5S+. The number of aliphatic hydroxyl groups excluding tert-OH is 1. The number of ether oxygens (including phenoxy) is 1. The van der Waals surface area contributed by atoms with Crippen LogP contribution < -0.4 is 29.5 Å². The Kier molecular flexibility index (Phi) is 9.43. The molecule has 0 unspecified atom stereocenters. The van der Waals surface area contributed by atoms with Gasteiger partial charge in [0.25, 0.3) is 5.91 Å². The molecule has 4 N–H and O–H groups in total. The molecule has 2 heterocycles. The average molecular weight is 609 g/mol. The van der Waals surface area contributed by atoms with Crippen molar-refractivity contribution in [2.45, 2.75) is 32.0 Å². The number of carbonyl (C=O) groups is 1. The maximum Gasteiger partial charge on any atom is 0.251 e. The van der Waals surface area contributed by atoms with Crippen molar-refractivity contribution < 1.29 is 28.4 Å². The van der Waals surface area contributed by atoms with Gasteiger partial charge in [-0.25, -0.2) is 8.42 Å². The highest BCUT2D eigenvalue weighted by atomic mass is 32.2. The summed E-state index contributed by atoms with van der Waals surface area (Å²) in [7, 11) is -0.345. The number of hydrogen-bond acceptors (Lipinski definition) is 7. The first-order chi connectivity index (χ1) is 20.7. The van der Waals surface area contributed by atoms with Crippen molar-refractivity contribution in [2.24, 2.45) is 0 Å². The van der Waals surface area contributed by atoms with E-state index in [1.54, 1.807) is 20.2 Å². The van der Waals surface area contributed by atoms with Gasteiger partial charge in [-0.3, -0.25) is 9.10 Å². The Morgan fingerprint density at radius 1 is 1.02 bits per heavy atom. The zero-order valence-electron chi connectivity index (χ0n) is 25.1. The Labute approximate surface area is 254 Å². The predicted octanol–water partition coefficient (Wildman–Crippen LogP) is 1.59. The lowest BCUT2D eigenvalue weighted by atomic mass is 9.99. The average Bonchev–Trinajstić information content (AvgIpc) is 3.11. The second-order valence-corrected chi connectivity index (χ2v) is 13.3. The number of nitrogens with zero attached hydrogens (tertiary/aromatic N) is 3. The van der Waals surface area contributed by atoms with Gasteiger partial charge in [-0.2, -0.15) is 0 Å². The van der Waals surface area contributed by atoms with Crippen LogP contribution in [0.25, 0.3) is 0 Å². The van der Waals surface area contributed by atoms with Crippen molar-refractivity contribution in [3.63, 3.8) is 0 Å². The molecule has 0 aliphatic carbocycles. The number of nitrogens with two attached hydrogens (primary N) is 1. The fourth-order valence-electron chi connectivity index (χ4n) is 5.87. The lowest BCUT2D eigenvalue weighted by Crippen LogP contribution is -2.85. The third kappa shape index (κ3) is 6.90. The molecule has 1 amide bonds. The summed E-state index contributed by atoms with van der Waals surface area (Å²) in [6.45, 7) is 5.70. The molecule has 0 aromatic heterocycles. The fraction of sp³-hybridized carbons (Fsp3) is 0.406. The van der Waals surface area contributed by atoms with Gasteiger partial charge < -0.3 is 30.3 Å². The topological polar surface area (TPSA) is 119 Å². The van der Waals surface area contributed by atoms with E-state index in [1.165, 1.54) is 4.31 Å². The minimum Gasteiger partial charge on any atom is -0.497 e. The first kappa shape index (κ1) is 30.7. The van der Waals surface area contributed by atoms with Crippen LogP contribution in [0.5, 0.6) is 5.75 Å². The van der Waals surface area contributed by atoms with Gasteiger partial charge in [0, 0.05) is 44.4 Å². The summed E-state index contributed by atoms with van der Waals surface area (Å²) in [4.78, 5) is 18.2. The van der Waals surface area contributed by atoms with Crippen LogP contribution in [0.15, 0.2) is 66.7 Å². The third-order valence-electron chi connectivity index (χ3n) is 8.39. The Morgan fingerprint density at radius 3 is 2.51 bits per heavy atom. The number of nitrogens with one attached hydrogen (secondary N) is 1. The number of anilines is 3. The molecule has 11 heteroatoms. The van der Waals surface area contributed by atoms with E-state index < -0.39 is 22.2 Å². The van der Waals surface area contributed by atoms with Crippen molar-refractivity contribution in [2.75, 3.05) is 66.7 Å². The van der Waals surface area contributed by atoms with Crippen LogP contribution >= 0.6 is 0 Å². The largest absolute Gasteiger partial charge is 0.497 e. The standard InChI is InChI=1S/C32H41N5O5S/c1-4-36-13-14-37-15-16-43(40,41)35(2)28-19-25(20-29(36)31(28)37)32(39)34-27(18-23-9-6-5-7-10-23)30(38)22-33-21-24-11-8-12-26(17-24)42-3/h5-12,17,19-20,27,30,33,38H,4,13-16,18,21-22H2,1-3H3,(H,34,39)/p+1/t27-,30+/m0/s1. The van der Waals surface area contributed by atoms with Crippen molar-refractivity contribution in [1.29, 1.82) is 0 Å². The first-order valence-electron chi connectivity index (χ1n) is 14.8. The minimum atomic E-state index is -3.54. The second-order valence-electron chi connectivity index (χ2n) is 11.1. The van der Waals surface area contributed by atoms with Crippen LogP contribution in [0.4, 0.5) is 17.1 Å². The number of benzene rings is 3. The summed E-state index contributed by atoms with van der Waals surface area (Å²) >= 11 is 0. The van der Waals surface area contributed by atoms with Crippen LogP contribution in [0.1, 0.15) is 28.4 Å². The predicted molar refractivity (Wildman–Crippen MR) is 170 cm³/mol. The number of likely N-dealkylation sites (N-methyl/N-ethyl adjacent to an activating group) is 1.